The van der Waals surface area contributed by atoms with Gasteiger partial charge in [0, 0.05) is 18.4 Å². The molecule has 0 aromatic carbocycles. The van der Waals surface area contributed by atoms with Crippen LogP contribution in [-0.2, 0) is 9.53 Å². The highest BCUT2D eigenvalue weighted by Gasteiger charge is 2.13. The molecular formula is C10H14N2O2. The number of nitrogens with one attached hydrogen (secondary N) is 1. The molecule has 14 heavy (non-hydrogen) atoms. The molecule has 4 nitrogen and oxygen atoms in total. The second kappa shape index (κ2) is 5.34. The molecule has 0 radical (unpaired) electrons. The van der Waals surface area contributed by atoms with Crippen molar-refractivity contribution in [1.82, 2.24) is 10.3 Å². The molecule has 0 bridgehead atoms. The Hall–Kier alpha value is -1.42. The minimum Gasteiger partial charge on any atom is -0.469 e. The van der Waals surface area contributed by atoms with Crippen LogP contribution in [0.3, 0.4) is 0 Å². The Bertz CT molecular complexity index is 287. The highest BCUT2D eigenvalue weighted by Crippen LogP contribution is 2.15. The average molecular weight is 194 g/mol. The number of pyridine rings is 1. The van der Waals surface area contributed by atoms with E-state index in [0.717, 1.165) is 5.56 Å². The Morgan fingerprint density at radius 1 is 1.57 bits per heavy atom. The van der Waals surface area contributed by atoms with Crippen molar-refractivity contribution in [1.29, 1.82) is 0 Å². The third-order valence-electron chi connectivity index (χ3n) is 2.06. The van der Waals surface area contributed by atoms with Gasteiger partial charge < -0.3 is 10.1 Å². The van der Waals surface area contributed by atoms with Crippen LogP contribution in [0.4, 0.5) is 0 Å². The summed E-state index contributed by atoms with van der Waals surface area (Å²) in [6.45, 7) is 0. The first-order valence-corrected chi connectivity index (χ1v) is 4.42. The van der Waals surface area contributed by atoms with Crippen molar-refractivity contribution in [3.63, 3.8) is 0 Å². The second-order valence-electron chi connectivity index (χ2n) is 2.90. The first-order valence-electron chi connectivity index (χ1n) is 4.42. The maximum absolute atomic E-state index is 11.1. The Labute approximate surface area is 83.3 Å². The predicted molar refractivity (Wildman–Crippen MR) is 52.7 cm³/mol. The van der Waals surface area contributed by atoms with Crippen LogP contribution in [0.25, 0.3) is 0 Å². The minimum absolute atomic E-state index is 0.00884. The number of carbonyl (C=O) groups is 1. The zero-order chi connectivity index (χ0) is 10.4. The fraction of sp³-hybridized carbons (Fsp3) is 0.400. The molecule has 0 amide bonds. The number of hydrogen-bond donors (Lipinski definition) is 1. The Morgan fingerprint density at radius 3 is 2.71 bits per heavy atom. The van der Waals surface area contributed by atoms with Crippen molar-refractivity contribution < 1.29 is 9.53 Å². The highest BCUT2D eigenvalue weighted by atomic mass is 16.5. The van der Waals surface area contributed by atoms with E-state index in [2.05, 4.69) is 15.0 Å². The van der Waals surface area contributed by atoms with E-state index in [0.29, 0.717) is 6.42 Å². The predicted octanol–water partition coefficient (Wildman–Crippen LogP) is 0.905. The molecule has 1 heterocycles. The van der Waals surface area contributed by atoms with Gasteiger partial charge in [-0.25, -0.2) is 0 Å². The van der Waals surface area contributed by atoms with Crippen LogP contribution in [-0.4, -0.2) is 25.1 Å². The SMILES string of the molecule is CNC(CC(=O)OC)c1ccncc1. The van der Waals surface area contributed by atoms with Gasteiger partial charge in [-0.1, -0.05) is 0 Å². The molecule has 0 aliphatic heterocycles. The van der Waals surface area contributed by atoms with E-state index in [-0.39, 0.29) is 12.0 Å². The molecule has 0 aliphatic carbocycles. The van der Waals surface area contributed by atoms with Gasteiger partial charge in [-0.3, -0.25) is 9.78 Å². The third-order valence-corrected chi connectivity index (χ3v) is 2.06. The molecule has 76 valence electrons. The van der Waals surface area contributed by atoms with Gasteiger partial charge in [0.25, 0.3) is 0 Å². The molecule has 1 N–H and O–H groups in total. The summed E-state index contributed by atoms with van der Waals surface area (Å²) >= 11 is 0. The lowest BCUT2D eigenvalue weighted by Crippen LogP contribution is -2.20. The van der Waals surface area contributed by atoms with Crippen molar-refractivity contribution >= 4 is 5.97 Å². The molecule has 4 heteroatoms. The number of hydrogen-bond acceptors (Lipinski definition) is 4. The summed E-state index contributed by atoms with van der Waals surface area (Å²) in [6, 6.07) is 3.75. The highest BCUT2D eigenvalue weighted by molar-refractivity contribution is 5.70. The van der Waals surface area contributed by atoms with Crippen LogP contribution >= 0.6 is 0 Å². The molecule has 1 aromatic heterocycles. The van der Waals surface area contributed by atoms with Crippen LogP contribution in [0.5, 0.6) is 0 Å². The standard InChI is InChI=1S/C10H14N2O2/c1-11-9(7-10(13)14-2)8-3-5-12-6-4-8/h3-6,9,11H,7H2,1-2H3. The molecule has 0 spiro atoms. The monoisotopic (exact) mass is 194 g/mol. The zero-order valence-corrected chi connectivity index (χ0v) is 8.36. The smallest absolute Gasteiger partial charge is 0.307 e. The lowest BCUT2D eigenvalue weighted by molar-refractivity contribution is -0.141. The summed E-state index contributed by atoms with van der Waals surface area (Å²) in [7, 11) is 3.20. The van der Waals surface area contributed by atoms with E-state index in [9.17, 15) is 4.79 Å². The number of esters is 1. The second-order valence-corrected chi connectivity index (χ2v) is 2.90. The normalized spacial score (nSPS) is 12.1. The van der Waals surface area contributed by atoms with E-state index in [4.69, 9.17) is 0 Å². The molecule has 0 saturated heterocycles. The van der Waals surface area contributed by atoms with Gasteiger partial charge in [0.15, 0.2) is 0 Å². The van der Waals surface area contributed by atoms with Crippen LogP contribution < -0.4 is 5.32 Å². The van der Waals surface area contributed by atoms with Crippen molar-refractivity contribution in [2.24, 2.45) is 0 Å². The van der Waals surface area contributed by atoms with Crippen LogP contribution in [0.2, 0.25) is 0 Å². The molecule has 1 atom stereocenters. The van der Waals surface area contributed by atoms with E-state index < -0.39 is 0 Å². The van der Waals surface area contributed by atoms with Gasteiger partial charge in [0.05, 0.1) is 13.5 Å². The fourth-order valence-electron chi connectivity index (χ4n) is 1.23. The van der Waals surface area contributed by atoms with Gasteiger partial charge in [-0.05, 0) is 24.7 Å². The number of ether oxygens (including phenoxy) is 1. The van der Waals surface area contributed by atoms with E-state index in [1.165, 1.54) is 7.11 Å². The van der Waals surface area contributed by atoms with Crippen LogP contribution in [0, 0.1) is 0 Å². The van der Waals surface area contributed by atoms with Gasteiger partial charge in [0.1, 0.15) is 0 Å². The molecule has 0 saturated carbocycles. The quantitative estimate of drug-likeness (QED) is 0.724. The van der Waals surface area contributed by atoms with Gasteiger partial charge in [-0.2, -0.15) is 0 Å². The number of rotatable bonds is 4. The Morgan fingerprint density at radius 2 is 2.21 bits per heavy atom. The number of carbonyl (C=O) groups excluding carboxylic acids is 1. The summed E-state index contributed by atoms with van der Waals surface area (Å²) < 4.78 is 4.61. The number of aromatic nitrogens is 1. The first kappa shape index (κ1) is 10.7. The Kier molecular flexibility index (Phi) is 4.07. The molecule has 0 fully saturated rings. The van der Waals surface area contributed by atoms with Crippen LogP contribution in [0.15, 0.2) is 24.5 Å². The van der Waals surface area contributed by atoms with E-state index in [1.807, 2.05) is 19.2 Å². The van der Waals surface area contributed by atoms with Crippen molar-refractivity contribution in [2.45, 2.75) is 12.5 Å². The van der Waals surface area contributed by atoms with E-state index >= 15 is 0 Å². The summed E-state index contributed by atoms with van der Waals surface area (Å²) in [5, 5.41) is 3.05. The maximum atomic E-state index is 11.1. The lowest BCUT2D eigenvalue weighted by Gasteiger charge is -2.14. The number of nitrogens with zero attached hydrogens (tertiary/aromatic N) is 1. The summed E-state index contributed by atoms with van der Waals surface area (Å²) in [6.07, 6.45) is 3.74. The van der Waals surface area contributed by atoms with Gasteiger partial charge in [-0.15, -0.1) is 0 Å². The third kappa shape index (κ3) is 2.81. The molecule has 1 rings (SSSR count). The first-order chi connectivity index (χ1) is 6.77. The molecular weight excluding hydrogens is 180 g/mol. The van der Waals surface area contributed by atoms with Crippen molar-refractivity contribution in [2.75, 3.05) is 14.2 Å². The minimum atomic E-state index is -0.221. The summed E-state index contributed by atoms with van der Waals surface area (Å²) in [5.41, 5.74) is 1.04. The molecule has 1 unspecified atom stereocenters. The molecule has 0 aliphatic rings. The molecule has 1 aromatic rings. The topological polar surface area (TPSA) is 51.2 Å². The van der Waals surface area contributed by atoms with Gasteiger partial charge >= 0.3 is 5.97 Å². The number of methoxy groups -OCH3 is 1. The van der Waals surface area contributed by atoms with Gasteiger partial charge in [0.2, 0.25) is 0 Å². The summed E-state index contributed by atoms with van der Waals surface area (Å²) in [5.74, 6) is -0.221. The summed E-state index contributed by atoms with van der Waals surface area (Å²) in [4.78, 5) is 15.0. The fourth-order valence-corrected chi connectivity index (χ4v) is 1.23. The van der Waals surface area contributed by atoms with Crippen molar-refractivity contribution in [3.8, 4) is 0 Å². The van der Waals surface area contributed by atoms with E-state index in [1.54, 1.807) is 12.4 Å². The van der Waals surface area contributed by atoms with Crippen LogP contribution in [0.1, 0.15) is 18.0 Å². The Balaban J connectivity index is 2.68. The largest absolute Gasteiger partial charge is 0.469 e. The zero-order valence-electron chi connectivity index (χ0n) is 8.36. The lowest BCUT2D eigenvalue weighted by atomic mass is 10.1. The maximum Gasteiger partial charge on any atom is 0.307 e. The van der Waals surface area contributed by atoms with Crippen molar-refractivity contribution in [3.05, 3.63) is 30.1 Å². The average Bonchev–Trinajstić information content (AvgIpc) is 2.26.